The number of nitriles is 1. The van der Waals surface area contributed by atoms with Crippen molar-refractivity contribution in [1.82, 2.24) is 4.98 Å². The van der Waals surface area contributed by atoms with E-state index in [-0.39, 0.29) is 16.1 Å². The van der Waals surface area contributed by atoms with Crippen molar-refractivity contribution in [1.29, 1.82) is 5.26 Å². The number of hydrogen-bond donors (Lipinski definition) is 2. The van der Waals surface area contributed by atoms with E-state index < -0.39 is 35.0 Å². The van der Waals surface area contributed by atoms with Crippen LogP contribution < -0.4 is 4.72 Å². The third-order valence-electron chi connectivity index (χ3n) is 4.28. The molecule has 144 valence electrons. The van der Waals surface area contributed by atoms with Crippen LogP contribution in [0.5, 0.6) is 0 Å². The lowest BCUT2D eigenvalue weighted by Gasteiger charge is -2.23. The van der Waals surface area contributed by atoms with Crippen molar-refractivity contribution < 1.29 is 26.3 Å². The summed E-state index contributed by atoms with van der Waals surface area (Å²) in [5.74, 6) is -0.859. The zero-order valence-corrected chi connectivity index (χ0v) is 14.8. The standard InChI is InChI=1S/C17H16F3N3O3S/c18-13-5-10(7-21)1-4-14(13)23-27(24,25)16-8-22-15-6-11(2-3-12(15)16)26-9-17(19)20/h1,4-5,8,11,17,22-23H,2-3,6,9H2. The van der Waals surface area contributed by atoms with E-state index in [0.29, 0.717) is 30.5 Å². The molecule has 0 saturated heterocycles. The Balaban J connectivity index is 1.79. The minimum Gasteiger partial charge on any atom is -0.372 e. The quantitative estimate of drug-likeness (QED) is 0.781. The van der Waals surface area contributed by atoms with Gasteiger partial charge in [-0.1, -0.05) is 0 Å². The molecule has 0 fully saturated rings. The van der Waals surface area contributed by atoms with E-state index in [1.165, 1.54) is 18.3 Å². The molecule has 1 aliphatic rings. The van der Waals surface area contributed by atoms with E-state index >= 15 is 0 Å². The monoisotopic (exact) mass is 399 g/mol. The number of benzene rings is 1. The smallest absolute Gasteiger partial charge is 0.263 e. The molecular formula is C17H16F3N3O3S. The van der Waals surface area contributed by atoms with E-state index in [0.717, 1.165) is 6.07 Å². The summed E-state index contributed by atoms with van der Waals surface area (Å²) in [4.78, 5) is 2.83. The van der Waals surface area contributed by atoms with E-state index in [2.05, 4.69) is 9.71 Å². The molecule has 3 rings (SSSR count). The van der Waals surface area contributed by atoms with E-state index in [1.807, 2.05) is 0 Å². The number of aromatic nitrogens is 1. The molecule has 1 aromatic heterocycles. The highest BCUT2D eigenvalue weighted by Crippen LogP contribution is 2.30. The number of alkyl halides is 2. The summed E-state index contributed by atoms with van der Waals surface area (Å²) < 4.78 is 71.1. The topological polar surface area (TPSA) is 95.0 Å². The predicted octanol–water partition coefficient (Wildman–Crippen LogP) is 2.97. The summed E-state index contributed by atoms with van der Waals surface area (Å²) in [6, 6.07) is 5.19. The van der Waals surface area contributed by atoms with Crippen LogP contribution in [0.25, 0.3) is 0 Å². The van der Waals surface area contributed by atoms with Gasteiger partial charge in [0.05, 0.1) is 23.4 Å². The first kappa shape index (κ1) is 19.3. The molecule has 0 spiro atoms. The number of nitrogens with zero attached hydrogens (tertiary/aromatic N) is 1. The van der Waals surface area contributed by atoms with Crippen molar-refractivity contribution in [2.75, 3.05) is 11.3 Å². The fourth-order valence-corrected chi connectivity index (χ4v) is 4.35. The number of rotatable bonds is 6. The summed E-state index contributed by atoms with van der Waals surface area (Å²) >= 11 is 0. The summed E-state index contributed by atoms with van der Waals surface area (Å²) in [6.07, 6.45) is -0.640. The Kier molecular flexibility index (Phi) is 5.43. The van der Waals surface area contributed by atoms with Gasteiger partial charge in [0.1, 0.15) is 17.3 Å². The summed E-state index contributed by atoms with van der Waals surface area (Å²) in [5.41, 5.74) is 0.942. The van der Waals surface area contributed by atoms with Gasteiger partial charge in [-0.15, -0.1) is 0 Å². The average molecular weight is 399 g/mol. The molecule has 0 amide bonds. The Bertz CT molecular complexity index is 983. The number of fused-ring (bicyclic) bond motifs is 1. The molecule has 27 heavy (non-hydrogen) atoms. The SMILES string of the molecule is N#Cc1ccc(NS(=O)(=O)c2c[nH]c3c2CCC(OCC(F)F)C3)c(F)c1. The van der Waals surface area contributed by atoms with Gasteiger partial charge in [-0.2, -0.15) is 5.26 Å². The molecule has 1 aliphatic carbocycles. The Morgan fingerprint density at radius 2 is 2.19 bits per heavy atom. The van der Waals surface area contributed by atoms with Crippen LogP contribution in [0, 0.1) is 17.1 Å². The first-order valence-corrected chi connectivity index (χ1v) is 9.60. The van der Waals surface area contributed by atoms with Crippen LogP contribution in [0.15, 0.2) is 29.3 Å². The molecule has 0 aliphatic heterocycles. The number of H-pyrrole nitrogens is 1. The minimum atomic E-state index is -4.06. The molecule has 1 aromatic carbocycles. The number of anilines is 1. The van der Waals surface area contributed by atoms with Gasteiger partial charge in [0.2, 0.25) is 0 Å². The maximum Gasteiger partial charge on any atom is 0.263 e. The highest BCUT2D eigenvalue weighted by Gasteiger charge is 2.29. The molecule has 2 N–H and O–H groups in total. The predicted molar refractivity (Wildman–Crippen MR) is 90.5 cm³/mol. The van der Waals surface area contributed by atoms with Gasteiger partial charge in [-0.05, 0) is 36.6 Å². The van der Waals surface area contributed by atoms with Crippen LogP contribution in [0.3, 0.4) is 0 Å². The van der Waals surface area contributed by atoms with Gasteiger partial charge in [-0.3, -0.25) is 4.72 Å². The summed E-state index contributed by atoms with van der Waals surface area (Å²) in [6.45, 7) is -0.661. The number of hydrogen-bond acceptors (Lipinski definition) is 4. The Hall–Kier alpha value is -2.51. The molecule has 0 bridgehead atoms. The number of nitrogens with one attached hydrogen (secondary N) is 2. The van der Waals surface area contributed by atoms with Crippen LogP contribution in [0.1, 0.15) is 23.2 Å². The van der Waals surface area contributed by atoms with Crippen LogP contribution in [-0.4, -0.2) is 32.5 Å². The lowest BCUT2D eigenvalue weighted by atomic mass is 9.95. The number of ether oxygens (including phenoxy) is 1. The largest absolute Gasteiger partial charge is 0.372 e. The first-order chi connectivity index (χ1) is 12.8. The van der Waals surface area contributed by atoms with Crippen molar-refractivity contribution in [3.05, 3.63) is 47.0 Å². The summed E-state index contributed by atoms with van der Waals surface area (Å²) in [5, 5.41) is 8.75. The second kappa shape index (κ2) is 7.62. The van der Waals surface area contributed by atoms with E-state index in [9.17, 15) is 21.6 Å². The molecule has 10 heteroatoms. The second-order valence-corrected chi connectivity index (χ2v) is 7.76. The zero-order chi connectivity index (χ0) is 19.6. The highest BCUT2D eigenvalue weighted by atomic mass is 32.2. The van der Waals surface area contributed by atoms with E-state index in [4.69, 9.17) is 10.00 Å². The molecule has 1 heterocycles. The third kappa shape index (κ3) is 4.26. The summed E-state index contributed by atoms with van der Waals surface area (Å²) in [7, 11) is -4.06. The number of aromatic amines is 1. The lowest BCUT2D eigenvalue weighted by Crippen LogP contribution is -2.25. The van der Waals surface area contributed by atoms with Gasteiger partial charge in [-0.25, -0.2) is 21.6 Å². The number of halogens is 3. The van der Waals surface area contributed by atoms with Gasteiger partial charge in [0, 0.05) is 18.3 Å². The first-order valence-electron chi connectivity index (χ1n) is 8.11. The van der Waals surface area contributed by atoms with Crippen molar-refractivity contribution >= 4 is 15.7 Å². The third-order valence-corrected chi connectivity index (χ3v) is 5.71. The number of sulfonamides is 1. The van der Waals surface area contributed by atoms with Gasteiger partial charge < -0.3 is 9.72 Å². The van der Waals surface area contributed by atoms with Crippen LogP contribution >= 0.6 is 0 Å². The molecule has 6 nitrogen and oxygen atoms in total. The Morgan fingerprint density at radius 1 is 1.41 bits per heavy atom. The normalized spacial score (nSPS) is 16.8. The maximum atomic E-state index is 14.0. The Labute approximate surface area is 154 Å². The molecule has 0 radical (unpaired) electrons. The van der Waals surface area contributed by atoms with E-state index in [1.54, 1.807) is 6.07 Å². The molecule has 2 aromatic rings. The van der Waals surface area contributed by atoms with Gasteiger partial charge in [0.25, 0.3) is 16.4 Å². The Morgan fingerprint density at radius 3 is 2.85 bits per heavy atom. The fraction of sp³-hybridized carbons (Fsp3) is 0.353. The minimum absolute atomic E-state index is 0.0198. The van der Waals surface area contributed by atoms with Gasteiger partial charge in [0.15, 0.2) is 0 Å². The maximum absolute atomic E-state index is 14.0. The molecule has 0 saturated carbocycles. The van der Waals surface area contributed by atoms with Crippen molar-refractivity contribution in [2.45, 2.75) is 36.7 Å². The fourth-order valence-electron chi connectivity index (χ4n) is 3.02. The second-order valence-electron chi connectivity index (χ2n) is 6.11. The lowest BCUT2D eigenvalue weighted by molar-refractivity contribution is -0.0287. The van der Waals surface area contributed by atoms with Crippen molar-refractivity contribution in [3.8, 4) is 6.07 Å². The highest BCUT2D eigenvalue weighted by molar-refractivity contribution is 7.92. The zero-order valence-electron chi connectivity index (χ0n) is 14.0. The van der Waals surface area contributed by atoms with Crippen LogP contribution in [-0.2, 0) is 27.6 Å². The molecule has 1 unspecified atom stereocenters. The van der Waals surface area contributed by atoms with Gasteiger partial charge >= 0.3 is 0 Å². The average Bonchev–Trinajstić information content (AvgIpc) is 3.05. The van der Waals surface area contributed by atoms with Crippen molar-refractivity contribution in [2.24, 2.45) is 0 Å². The van der Waals surface area contributed by atoms with Crippen LogP contribution in [0.4, 0.5) is 18.9 Å². The molecular weight excluding hydrogens is 383 g/mol. The van der Waals surface area contributed by atoms with Crippen molar-refractivity contribution in [3.63, 3.8) is 0 Å². The van der Waals surface area contributed by atoms with Crippen LogP contribution in [0.2, 0.25) is 0 Å². The molecule has 1 atom stereocenters.